The van der Waals surface area contributed by atoms with Crippen molar-refractivity contribution in [3.05, 3.63) is 66.4 Å². The van der Waals surface area contributed by atoms with Gasteiger partial charge in [0, 0.05) is 18.0 Å². The molecular formula is C20H20N2O5S. The van der Waals surface area contributed by atoms with Crippen LogP contribution in [0.4, 0.5) is 0 Å². The number of pyridine rings is 1. The normalized spacial score (nSPS) is 13.7. The molecule has 1 atom stereocenters. The first kappa shape index (κ1) is 19.8. The van der Waals surface area contributed by atoms with Crippen molar-refractivity contribution in [2.45, 2.75) is 23.0 Å². The van der Waals surface area contributed by atoms with Crippen LogP contribution in [-0.4, -0.2) is 36.4 Å². The van der Waals surface area contributed by atoms with Gasteiger partial charge in [-0.1, -0.05) is 24.3 Å². The smallest absolute Gasteiger partial charge is 0.265 e. The number of amides is 1. The van der Waals surface area contributed by atoms with Gasteiger partial charge < -0.3 is 4.74 Å². The van der Waals surface area contributed by atoms with Crippen LogP contribution < -0.4 is 10.2 Å². The lowest BCUT2D eigenvalue weighted by molar-refractivity contribution is -0.131. The van der Waals surface area contributed by atoms with Crippen LogP contribution in [0.15, 0.2) is 65.7 Å². The third kappa shape index (κ3) is 3.32. The molecule has 3 aromatic rings. The number of nitrogens with one attached hydrogen (secondary N) is 1. The maximum atomic E-state index is 13.4. The van der Waals surface area contributed by atoms with Gasteiger partial charge in [-0.15, -0.1) is 0 Å². The van der Waals surface area contributed by atoms with E-state index in [2.05, 4.69) is 4.98 Å². The zero-order chi connectivity index (χ0) is 20.4. The predicted octanol–water partition coefficient (Wildman–Crippen LogP) is 2.52. The van der Waals surface area contributed by atoms with Gasteiger partial charge in [0.2, 0.25) is 0 Å². The van der Waals surface area contributed by atoms with Gasteiger partial charge in [-0.25, -0.2) is 13.9 Å². The van der Waals surface area contributed by atoms with E-state index < -0.39 is 20.5 Å². The summed E-state index contributed by atoms with van der Waals surface area (Å²) in [6, 6.07) is 15.0. The van der Waals surface area contributed by atoms with Gasteiger partial charge in [0.25, 0.3) is 5.91 Å². The van der Waals surface area contributed by atoms with Gasteiger partial charge in [-0.3, -0.25) is 15.0 Å². The second-order valence-electron chi connectivity index (χ2n) is 6.53. The highest BCUT2D eigenvalue weighted by Gasteiger charge is 2.48. The van der Waals surface area contributed by atoms with E-state index in [0.717, 1.165) is 10.9 Å². The Hall–Kier alpha value is -2.97. The van der Waals surface area contributed by atoms with Crippen molar-refractivity contribution in [3.8, 4) is 5.75 Å². The summed E-state index contributed by atoms with van der Waals surface area (Å²) < 4.78 is 30.1. The van der Waals surface area contributed by atoms with Crippen LogP contribution in [0.3, 0.4) is 0 Å². The molecule has 2 aromatic carbocycles. The molecule has 3 rings (SSSR count). The molecule has 2 N–H and O–H groups in total. The number of ether oxygens (including phenoxy) is 1. The Morgan fingerprint density at radius 1 is 1.18 bits per heavy atom. The summed E-state index contributed by atoms with van der Waals surface area (Å²) in [4.78, 5) is 16.6. The zero-order valence-corrected chi connectivity index (χ0v) is 16.2. The number of benzene rings is 2. The molecule has 1 amide bonds. The summed E-state index contributed by atoms with van der Waals surface area (Å²) in [6.07, 6.45) is 1.52. The number of hydrogen-bond donors (Lipinski definition) is 2. The fourth-order valence-electron chi connectivity index (χ4n) is 3.12. The monoisotopic (exact) mass is 400 g/mol. The van der Waals surface area contributed by atoms with Gasteiger partial charge in [-0.2, -0.15) is 0 Å². The van der Waals surface area contributed by atoms with Gasteiger partial charge >= 0.3 is 0 Å². The first-order valence-electron chi connectivity index (χ1n) is 8.49. The van der Waals surface area contributed by atoms with E-state index >= 15 is 0 Å². The molecule has 1 unspecified atom stereocenters. The van der Waals surface area contributed by atoms with E-state index in [0.29, 0.717) is 5.56 Å². The Morgan fingerprint density at radius 2 is 1.93 bits per heavy atom. The molecule has 1 heterocycles. The van der Waals surface area contributed by atoms with E-state index in [1.165, 1.54) is 31.6 Å². The number of carbonyl (C=O) groups is 1. The summed E-state index contributed by atoms with van der Waals surface area (Å²) in [5.41, 5.74) is 2.88. The lowest BCUT2D eigenvalue weighted by Gasteiger charge is -2.28. The molecule has 0 aliphatic rings. The highest BCUT2D eigenvalue weighted by molar-refractivity contribution is 7.93. The van der Waals surface area contributed by atoms with Crippen molar-refractivity contribution in [1.82, 2.24) is 10.5 Å². The topological polar surface area (TPSA) is 106 Å². The van der Waals surface area contributed by atoms with Gasteiger partial charge in [-0.05, 0) is 42.8 Å². The van der Waals surface area contributed by atoms with Crippen LogP contribution in [0.5, 0.6) is 5.75 Å². The molecule has 0 aliphatic carbocycles. The third-order valence-electron chi connectivity index (χ3n) is 4.74. The van der Waals surface area contributed by atoms with Crippen LogP contribution in [0.2, 0.25) is 0 Å². The number of aromatic nitrogens is 1. The van der Waals surface area contributed by atoms with Crippen molar-refractivity contribution < 1.29 is 23.2 Å². The van der Waals surface area contributed by atoms with E-state index in [-0.39, 0.29) is 17.1 Å². The molecule has 1 aromatic heterocycles. The number of sulfone groups is 1. The van der Waals surface area contributed by atoms with E-state index in [9.17, 15) is 18.4 Å². The number of methoxy groups -OCH3 is 1. The summed E-state index contributed by atoms with van der Waals surface area (Å²) in [6.45, 7) is 1.29. The molecular weight excluding hydrogens is 380 g/mol. The molecule has 7 nitrogen and oxygen atoms in total. The average molecular weight is 400 g/mol. The minimum absolute atomic E-state index is 0.119. The molecule has 0 saturated heterocycles. The second kappa shape index (κ2) is 7.57. The maximum absolute atomic E-state index is 13.4. The number of nitrogens with zero attached hydrogens (tertiary/aromatic N) is 1. The first-order valence-corrected chi connectivity index (χ1v) is 9.97. The fraction of sp³-hybridized carbons (Fsp3) is 0.200. The molecule has 0 radical (unpaired) electrons. The van der Waals surface area contributed by atoms with Crippen LogP contribution in [0.25, 0.3) is 10.9 Å². The van der Waals surface area contributed by atoms with Gasteiger partial charge in [0.1, 0.15) is 10.6 Å². The van der Waals surface area contributed by atoms with Gasteiger partial charge in [0.05, 0.1) is 12.6 Å². The van der Waals surface area contributed by atoms with Crippen LogP contribution >= 0.6 is 0 Å². The Kier molecular flexibility index (Phi) is 5.35. The number of fused-ring (bicyclic) bond motifs is 1. The summed E-state index contributed by atoms with van der Waals surface area (Å²) in [5, 5.41) is 10.1. The predicted molar refractivity (Wildman–Crippen MR) is 104 cm³/mol. The van der Waals surface area contributed by atoms with Crippen molar-refractivity contribution in [3.63, 3.8) is 0 Å². The number of hydrogen-bond acceptors (Lipinski definition) is 6. The summed E-state index contributed by atoms with van der Waals surface area (Å²) in [5.74, 6) is -0.896. The van der Waals surface area contributed by atoms with E-state index in [1.54, 1.807) is 42.6 Å². The number of para-hydroxylation sites is 1. The molecule has 146 valence electrons. The zero-order valence-electron chi connectivity index (χ0n) is 15.4. The number of carbonyl (C=O) groups excluding carboxylic acids is 1. The van der Waals surface area contributed by atoms with Crippen molar-refractivity contribution in [1.29, 1.82) is 0 Å². The van der Waals surface area contributed by atoms with Crippen LogP contribution in [0.1, 0.15) is 12.5 Å². The third-order valence-corrected chi connectivity index (χ3v) is 7.17. The van der Waals surface area contributed by atoms with E-state index in [1.807, 2.05) is 6.07 Å². The van der Waals surface area contributed by atoms with Crippen LogP contribution in [0, 0.1) is 0 Å². The van der Waals surface area contributed by atoms with Gasteiger partial charge in [0.15, 0.2) is 14.6 Å². The Bertz CT molecular complexity index is 1130. The Labute approximate surface area is 162 Å². The SMILES string of the molecule is COc1ccccc1S(=O)(=O)C(C)(Cc1ccc2ncccc2c1)C(=O)NO. The van der Waals surface area contributed by atoms with Crippen LogP contribution in [-0.2, 0) is 21.1 Å². The molecule has 8 heteroatoms. The lowest BCUT2D eigenvalue weighted by atomic mass is 9.98. The molecule has 0 spiro atoms. The fourth-order valence-corrected chi connectivity index (χ4v) is 4.93. The largest absolute Gasteiger partial charge is 0.495 e. The Balaban J connectivity index is 2.12. The van der Waals surface area contributed by atoms with E-state index in [4.69, 9.17) is 4.74 Å². The minimum atomic E-state index is -4.22. The number of hydroxylamine groups is 1. The maximum Gasteiger partial charge on any atom is 0.265 e. The minimum Gasteiger partial charge on any atom is -0.495 e. The lowest BCUT2D eigenvalue weighted by Crippen LogP contribution is -2.51. The molecule has 0 bridgehead atoms. The summed E-state index contributed by atoms with van der Waals surface area (Å²) >= 11 is 0. The quantitative estimate of drug-likeness (QED) is 0.487. The second-order valence-corrected chi connectivity index (χ2v) is 8.88. The first-order chi connectivity index (χ1) is 13.3. The molecule has 0 fully saturated rings. The van der Waals surface area contributed by atoms with Crippen molar-refractivity contribution >= 4 is 26.6 Å². The summed E-state index contributed by atoms with van der Waals surface area (Å²) in [7, 11) is -2.86. The van der Waals surface area contributed by atoms with Crippen molar-refractivity contribution in [2.75, 3.05) is 7.11 Å². The Morgan fingerprint density at radius 3 is 2.64 bits per heavy atom. The highest BCUT2D eigenvalue weighted by Crippen LogP contribution is 2.35. The molecule has 28 heavy (non-hydrogen) atoms. The highest BCUT2D eigenvalue weighted by atomic mass is 32.2. The molecule has 0 saturated carbocycles. The average Bonchev–Trinajstić information content (AvgIpc) is 2.72. The standard InChI is InChI=1S/C20H20N2O5S/c1-20(19(23)22-24,28(25,26)18-8-4-3-7-17(18)27-2)13-14-9-10-16-15(12-14)6-5-11-21-16/h3-12,24H,13H2,1-2H3,(H,22,23). The molecule has 0 aliphatic heterocycles. The van der Waals surface area contributed by atoms with Crippen molar-refractivity contribution in [2.24, 2.45) is 0 Å². The number of rotatable bonds is 6.